The first-order valence-corrected chi connectivity index (χ1v) is 10.8. The van der Waals surface area contributed by atoms with Crippen LogP contribution < -0.4 is 10.6 Å². The molecule has 0 radical (unpaired) electrons. The van der Waals surface area contributed by atoms with Crippen LogP contribution in [0.15, 0.2) is 66.7 Å². The number of phenolic OH excluding ortho intramolecular Hbond substituents is 1. The van der Waals surface area contributed by atoms with Crippen molar-refractivity contribution in [1.82, 2.24) is 5.32 Å². The summed E-state index contributed by atoms with van der Waals surface area (Å²) in [5.74, 6) is 0.120. The van der Waals surface area contributed by atoms with E-state index in [4.69, 9.17) is 0 Å². The van der Waals surface area contributed by atoms with Gasteiger partial charge in [-0.2, -0.15) is 0 Å². The Kier molecular flexibility index (Phi) is 9.64. The molecule has 32 heavy (non-hydrogen) atoms. The van der Waals surface area contributed by atoms with E-state index in [1.54, 1.807) is 19.1 Å². The summed E-state index contributed by atoms with van der Waals surface area (Å²) in [5, 5.41) is 15.6. The van der Waals surface area contributed by atoms with Crippen LogP contribution in [0.25, 0.3) is 11.1 Å². The first-order chi connectivity index (χ1) is 15.4. The third-order valence-corrected chi connectivity index (χ3v) is 5.28. The Morgan fingerprint density at radius 1 is 1.00 bits per heavy atom. The molecule has 168 valence electrons. The van der Waals surface area contributed by atoms with Crippen molar-refractivity contribution in [2.75, 3.05) is 19.4 Å². The van der Waals surface area contributed by atoms with Gasteiger partial charge in [0, 0.05) is 24.3 Å². The monoisotopic (exact) mass is 432 g/mol. The van der Waals surface area contributed by atoms with E-state index in [2.05, 4.69) is 29.7 Å². The number of rotatable bonds is 8. The number of aldehydes is 1. The number of ketones is 1. The second kappa shape index (κ2) is 12.4. The molecule has 0 saturated carbocycles. The maximum Gasteiger partial charge on any atom is 0.161 e. The van der Waals surface area contributed by atoms with Crippen molar-refractivity contribution in [3.8, 4) is 16.9 Å². The molecule has 0 aromatic heterocycles. The molecule has 5 nitrogen and oxygen atoms in total. The number of phenols is 1. The van der Waals surface area contributed by atoms with Crippen LogP contribution in [-0.2, 0) is 0 Å². The van der Waals surface area contributed by atoms with Crippen LogP contribution in [0, 0.1) is 0 Å². The molecular formula is C27H32N2O3. The predicted octanol–water partition coefficient (Wildman–Crippen LogP) is 5.86. The smallest absolute Gasteiger partial charge is 0.161 e. The molecule has 0 aliphatic carbocycles. The van der Waals surface area contributed by atoms with Crippen molar-refractivity contribution >= 4 is 17.8 Å². The highest BCUT2D eigenvalue weighted by molar-refractivity contribution is 6.00. The van der Waals surface area contributed by atoms with E-state index in [-0.39, 0.29) is 17.6 Å². The van der Waals surface area contributed by atoms with Gasteiger partial charge in [0.05, 0.1) is 5.56 Å². The first kappa shape index (κ1) is 24.8. The van der Waals surface area contributed by atoms with Gasteiger partial charge in [0.2, 0.25) is 0 Å². The Hall–Kier alpha value is -3.44. The summed E-state index contributed by atoms with van der Waals surface area (Å²) in [6, 6.07) is 21.4. The lowest BCUT2D eigenvalue weighted by Gasteiger charge is -2.16. The Morgan fingerprint density at radius 2 is 1.72 bits per heavy atom. The molecule has 3 aromatic carbocycles. The fourth-order valence-electron chi connectivity index (χ4n) is 3.52. The Labute approximate surface area is 190 Å². The lowest BCUT2D eigenvalue weighted by Crippen LogP contribution is -2.16. The number of hydrogen-bond donors (Lipinski definition) is 3. The molecule has 0 amide bonds. The van der Waals surface area contributed by atoms with Crippen LogP contribution in [0.5, 0.6) is 5.75 Å². The minimum atomic E-state index is 0.0418. The Balaban J connectivity index is 0.000000229. The normalized spacial score (nSPS) is 11.1. The SMILES string of the molecule is CCCC(NC)c1ccc(O)c(C=O)c1.CNc1cc(-c2ccccc2)ccc1C(C)=O. The van der Waals surface area contributed by atoms with Gasteiger partial charge in [-0.25, -0.2) is 0 Å². The second-order valence-corrected chi connectivity index (χ2v) is 7.50. The average Bonchev–Trinajstić information content (AvgIpc) is 2.83. The van der Waals surface area contributed by atoms with Crippen LogP contribution in [0.3, 0.4) is 0 Å². The molecule has 0 spiro atoms. The number of aromatic hydroxyl groups is 1. The highest BCUT2D eigenvalue weighted by Gasteiger charge is 2.10. The maximum atomic E-state index is 11.4. The number of Topliss-reactive ketones (excluding diaryl/α,β-unsaturated/α-hetero) is 1. The van der Waals surface area contributed by atoms with E-state index >= 15 is 0 Å². The van der Waals surface area contributed by atoms with Gasteiger partial charge in [0.15, 0.2) is 12.1 Å². The van der Waals surface area contributed by atoms with Gasteiger partial charge in [-0.05, 0) is 61.3 Å². The molecule has 0 heterocycles. The van der Waals surface area contributed by atoms with Gasteiger partial charge in [0.1, 0.15) is 5.75 Å². The third-order valence-electron chi connectivity index (χ3n) is 5.28. The predicted molar refractivity (Wildman–Crippen MR) is 132 cm³/mol. The summed E-state index contributed by atoms with van der Waals surface area (Å²) in [6.45, 7) is 3.70. The molecule has 0 fully saturated rings. The molecule has 3 N–H and O–H groups in total. The van der Waals surface area contributed by atoms with Gasteiger partial charge in [-0.3, -0.25) is 9.59 Å². The lowest BCUT2D eigenvalue weighted by molar-refractivity contribution is 0.101. The largest absolute Gasteiger partial charge is 0.507 e. The lowest BCUT2D eigenvalue weighted by atomic mass is 10.0. The van der Waals surface area contributed by atoms with Gasteiger partial charge in [0.25, 0.3) is 0 Å². The molecule has 0 aliphatic rings. The van der Waals surface area contributed by atoms with E-state index in [0.29, 0.717) is 11.8 Å². The van der Waals surface area contributed by atoms with Crippen LogP contribution in [0.4, 0.5) is 5.69 Å². The van der Waals surface area contributed by atoms with Gasteiger partial charge >= 0.3 is 0 Å². The van der Waals surface area contributed by atoms with E-state index in [9.17, 15) is 14.7 Å². The standard InChI is InChI=1S/C15H15NO.C12H17NO2/c1-11(17)14-9-8-13(10-15(14)16-2)12-6-4-3-5-7-12;1-3-4-11(13-2)9-5-6-12(15)10(7-9)8-14/h3-10,16H,1-2H3;5-8,11,13,15H,3-4H2,1-2H3. The number of anilines is 1. The molecular weight excluding hydrogens is 400 g/mol. The van der Waals surface area contributed by atoms with Crippen molar-refractivity contribution in [3.05, 3.63) is 83.4 Å². The zero-order valence-corrected chi connectivity index (χ0v) is 19.2. The van der Waals surface area contributed by atoms with E-state index in [1.807, 2.05) is 56.6 Å². The first-order valence-electron chi connectivity index (χ1n) is 10.8. The highest BCUT2D eigenvalue weighted by atomic mass is 16.3. The van der Waals surface area contributed by atoms with Crippen molar-refractivity contribution in [1.29, 1.82) is 0 Å². The summed E-state index contributed by atoms with van der Waals surface area (Å²) in [4.78, 5) is 22.1. The maximum absolute atomic E-state index is 11.4. The highest BCUT2D eigenvalue weighted by Crippen LogP contribution is 2.26. The van der Waals surface area contributed by atoms with E-state index < -0.39 is 0 Å². The van der Waals surface area contributed by atoms with Crippen LogP contribution in [-0.4, -0.2) is 31.3 Å². The zero-order chi connectivity index (χ0) is 23.5. The number of hydrogen-bond acceptors (Lipinski definition) is 5. The summed E-state index contributed by atoms with van der Waals surface area (Å²) in [7, 11) is 3.73. The van der Waals surface area contributed by atoms with Crippen LogP contribution >= 0.6 is 0 Å². The van der Waals surface area contributed by atoms with Gasteiger partial charge in [-0.1, -0.05) is 55.8 Å². The minimum Gasteiger partial charge on any atom is -0.507 e. The quantitative estimate of drug-likeness (QED) is 0.307. The molecule has 0 saturated heterocycles. The Morgan fingerprint density at radius 3 is 2.28 bits per heavy atom. The summed E-state index contributed by atoms with van der Waals surface area (Å²) in [5.41, 5.74) is 5.26. The van der Waals surface area contributed by atoms with Crippen molar-refractivity contribution < 1.29 is 14.7 Å². The fraction of sp³-hybridized carbons (Fsp3) is 0.259. The summed E-state index contributed by atoms with van der Waals surface area (Å²) >= 11 is 0. The van der Waals surface area contributed by atoms with Crippen molar-refractivity contribution in [2.45, 2.75) is 32.7 Å². The summed E-state index contributed by atoms with van der Waals surface area (Å²) in [6.07, 6.45) is 2.76. The topological polar surface area (TPSA) is 78.4 Å². The molecule has 3 aromatic rings. The minimum absolute atomic E-state index is 0.0418. The third kappa shape index (κ3) is 6.53. The van der Waals surface area contributed by atoms with E-state index in [1.165, 1.54) is 0 Å². The van der Waals surface area contributed by atoms with Gasteiger partial charge in [-0.15, -0.1) is 0 Å². The molecule has 3 rings (SSSR count). The van der Waals surface area contributed by atoms with E-state index in [0.717, 1.165) is 40.8 Å². The van der Waals surface area contributed by atoms with Gasteiger partial charge < -0.3 is 15.7 Å². The molecule has 1 unspecified atom stereocenters. The number of carbonyl (C=O) groups is 2. The van der Waals surface area contributed by atoms with Crippen molar-refractivity contribution in [3.63, 3.8) is 0 Å². The average molecular weight is 433 g/mol. The molecule has 5 heteroatoms. The van der Waals surface area contributed by atoms with Crippen LogP contribution in [0.1, 0.15) is 59.0 Å². The number of nitrogens with one attached hydrogen (secondary N) is 2. The molecule has 0 aliphatic heterocycles. The van der Waals surface area contributed by atoms with Crippen molar-refractivity contribution in [2.24, 2.45) is 0 Å². The molecule has 1 atom stereocenters. The second-order valence-electron chi connectivity index (χ2n) is 7.50. The van der Waals surface area contributed by atoms with Crippen LogP contribution in [0.2, 0.25) is 0 Å². The molecule has 0 bridgehead atoms. The summed E-state index contributed by atoms with van der Waals surface area (Å²) < 4.78 is 0. The number of carbonyl (C=O) groups excluding carboxylic acids is 2. The Bertz CT molecular complexity index is 1030. The fourth-order valence-corrected chi connectivity index (χ4v) is 3.52. The zero-order valence-electron chi connectivity index (χ0n) is 19.2. The number of benzene rings is 3.